The summed E-state index contributed by atoms with van der Waals surface area (Å²) in [7, 11) is 0. The largest absolute Gasteiger partial charge is 0.462 e. The lowest BCUT2D eigenvalue weighted by Crippen LogP contribution is -2.69. The van der Waals surface area contributed by atoms with Crippen LogP contribution >= 0.6 is 0 Å². The zero-order valence-corrected chi connectivity index (χ0v) is 45.5. The molecule has 0 spiro atoms. The summed E-state index contributed by atoms with van der Waals surface area (Å²) in [5.74, 6) is -2.44. The van der Waals surface area contributed by atoms with E-state index < -0.39 is 266 Å². The zero-order valence-electron chi connectivity index (χ0n) is 45.5. The molecule has 13 aliphatic heterocycles. The number of carbonyl (C=O) groups is 3. The highest BCUT2D eigenvalue weighted by Gasteiger charge is 2.59. The molecular weight excluding hydrogens is 1120 g/mol. The van der Waals surface area contributed by atoms with Gasteiger partial charge in [0.05, 0.1) is 37.3 Å². The van der Waals surface area contributed by atoms with Crippen LogP contribution in [0, 0.1) is 10.8 Å². The van der Waals surface area contributed by atoms with Gasteiger partial charge >= 0.3 is 11.9 Å². The van der Waals surface area contributed by atoms with Gasteiger partial charge in [-0.25, -0.2) is 0 Å². The van der Waals surface area contributed by atoms with Crippen LogP contribution in [0.1, 0.15) is 41.5 Å². The van der Waals surface area contributed by atoms with E-state index in [-0.39, 0.29) is 0 Å². The predicted molar refractivity (Wildman–Crippen MR) is 255 cm³/mol. The molecule has 30 atom stereocenters. The average molecular weight is 1200 g/mol. The molecule has 13 aliphatic rings. The number of ketones is 1. The lowest BCUT2D eigenvalue weighted by Gasteiger charge is -2.51. The molecule has 0 aromatic carbocycles. The highest BCUT2D eigenvalue weighted by molar-refractivity contribution is 5.80. The maximum atomic E-state index is 13.5. The molecular formula is C49H78O33. The zero-order chi connectivity index (χ0) is 60.0. The Morgan fingerprint density at radius 1 is 0.378 bits per heavy atom. The summed E-state index contributed by atoms with van der Waals surface area (Å²) in [6.45, 7) is 2.30. The van der Waals surface area contributed by atoms with Crippen LogP contribution in [0.25, 0.3) is 0 Å². The fourth-order valence-electron chi connectivity index (χ4n) is 10.2. The minimum atomic E-state index is -2.23. The third-order valence-electron chi connectivity index (χ3n) is 15.0. The number of fused-ring (bicyclic) bond motifs is 2. The fourth-order valence-corrected chi connectivity index (χ4v) is 10.2. The molecule has 0 aliphatic carbocycles. The van der Waals surface area contributed by atoms with Crippen molar-refractivity contribution in [2.45, 2.75) is 226 Å². The Hall–Kier alpha value is -2.51. The van der Waals surface area contributed by atoms with Gasteiger partial charge in [0.2, 0.25) is 0 Å². The molecule has 0 aromatic heterocycles. The van der Waals surface area contributed by atoms with Crippen LogP contribution in [0.4, 0.5) is 0 Å². The molecule has 0 amide bonds. The Balaban J connectivity index is 1.21. The number of hydrogen-bond acceptors (Lipinski definition) is 33. The van der Waals surface area contributed by atoms with Gasteiger partial charge < -0.3 is 147 Å². The standard InChI is InChI=1S/C49H78O33/c1-48(2,3)46(65)69-13-20-38-26(57)32(63)44(75-20)77-34-16(7-50)71-40(28(59)22(34)53)80-37-19-12-68-10-15(52)9-67-11-18-36(24(55)30(61)42(73-18)81-38)79-41-29(60)23(54)35(17(8-51)72-41)78-45-33(64)27(58)39(82-43(74-19)31(62)25(37)56)21(76-45)14-70-47(66)49(4,5)6/h16-45,50-51,53-64H,7-14H2,1-6H3/t16-,17-,18-,19-,20-,21-,22-,23-,24-,25-,26-,27-,28-,29-,30-,31-,32-,33-,34-,35-,36-,37-,38-,39-,40-,41-,42-,43-,44-,45-/m1/s1. The Morgan fingerprint density at radius 2 is 0.622 bits per heavy atom. The molecule has 0 unspecified atom stereocenters. The van der Waals surface area contributed by atoms with Crippen molar-refractivity contribution in [1.82, 2.24) is 0 Å². The van der Waals surface area contributed by atoms with E-state index >= 15 is 0 Å². The quantitative estimate of drug-likeness (QED) is 0.110. The first kappa shape index (κ1) is 65.5. The predicted octanol–water partition coefficient (Wildman–Crippen LogP) is -9.23. The molecule has 14 N–H and O–H groups in total. The number of esters is 2. The molecule has 0 saturated carbocycles. The van der Waals surface area contributed by atoms with Crippen LogP contribution in [0.5, 0.6) is 0 Å². The molecule has 13 saturated heterocycles. The Labute approximate surface area is 468 Å². The molecule has 0 radical (unpaired) electrons. The lowest BCUT2D eigenvalue weighted by atomic mass is 9.94. The second kappa shape index (κ2) is 26.8. The first-order valence-electron chi connectivity index (χ1n) is 26.8. The van der Waals surface area contributed by atoms with Crippen LogP contribution in [0.2, 0.25) is 0 Å². The topological polar surface area (TPSA) is 482 Å². The van der Waals surface area contributed by atoms with Crippen molar-refractivity contribution >= 4 is 17.7 Å². The second-order valence-electron chi connectivity index (χ2n) is 23.4. The van der Waals surface area contributed by atoms with Crippen molar-refractivity contribution in [2.24, 2.45) is 10.8 Å². The van der Waals surface area contributed by atoms with E-state index in [1.807, 2.05) is 0 Å². The number of carbonyl (C=O) groups excluding carboxylic acids is 3. The second-order valence-corrected chi connectivity index (χ2v) is 23.4. The van der Waals surface area contributed by atoms with E-state index in [4.69, 9.17) is 75.8 Å². The molecule has 472 valence electrons. The van der Waals surface area contributed by atoms with Gasteiger partial charge in [-0.15, -0.1) is 0 Å². The van der Waals surface area contributed by atoms with Crippen LogP contribution < -0.4 is 0 Å². The van der Waals surface area contributed by atoms with Crippen molar-refractivity contribution in [1.29, 1.82) is 0 Å². The van der Waals surface area contributed by atoms with E-state index in [1.54, 1.807) is 0 Å². The van der Waals surface area contributed by atoms with Gasteiger partial charge in [-0.2, -0.15) is 0 Å². The maximum Gasteiger partial charge on any atom is 0.311 e. The number of Topliss-reactive ketones (excluding diaryl/α,β-unsaturated/α-hetero) is 1. The van der Waals surface area contributed by atoms with E-state index in [1.165, 1.54) is 41.5 Å². The molecule has 82 heavy (non-hydrogen) atoms. The molecule has 13 fully saturated rings. The third-order valence-corrected chi connectivity index (χ3v) is 15.0. The minimum absolute atomic E-state index is 0.758. The SMILES string of the molecule is CC(C)(C)C(=O)OC[C@H]1O[C@@H]2O[C@H]3[C@H](O)[C@@H](O)[C@@H](O[C@H]4[C@H](O)[C@@H](O)[C@H]5O[C@H]6[C@H](O)[C@@H](O)[C@@H](O[C@H]7[C@H](O)[C@@H](O)[C@@H](O[C@H]8[C@H](O)[C@@H](O)[C@@H](O[C@H]1[C@H](O)[C@H]2O)O[C@@H]8COCC(=O)COC[C@H]4O5)O[C@@H]7CO)O[C@@H]6COC(=O)C(C)(C)C)O[C@@H]3CO. The van der Waals surface area contributed by atoms with Crippen LogP contribution in [0.15, 0.2) is 0 Å². The van der Waals surface area contributed by atoms with Gasteiger partial charge in [-0.05, 0) is 41.5 Å². The number of ether oxygens (including phenoxy) is 16. The Morgan fingerprint density at radius 3 is 0.902 bits per heavy atom. The number of aliphatic hydroxyl groups is 14. The van der Waals surface area contributed by atoms with Gasteiger partial charge in [0.25, 0.3) is 0 Å². The lowest BCUT2D eigenvalue weighted by molar-refractivity contribution is -0.404. The third kappa shape index (κ3) is 14.1. The molecule has 0 aromatic rings. The summed E-state index contributed by atoms with van der Waals surface area (Å²) < 4.78 is 94.1. The van der Waals surface area contributed by atoms with Gasteiger partial charge in [-0.3, -0.25) is 14.4 Å². The van der Waals surface area contributed by atoms with E-state index in [0.717, 1.165) is 0 Å². The first-order valence-corrected chi connectivity index (χ1v) is 26.8. The number of aliphatic hydroxyl groups excluding tert-OH is 14. The maximum absolute atomic E-state index is 13.5. The average Bonchev–Trinajstić information content (AvgIpc) is 3.62. The summed E-state index contributed by atoms with van der Waals surface area (Å²) in [5.41, 5.74) is -2.25. The summed E-state index contributed by atoms with van der Waals surface area (Å²) in [6, 6.07) is 0. The molecule has 33 heteroatoms. The molecule has 12 bridgehead atoms. The molecule has 33 nitrogen and oxygen atoms in total. The fraction of sp³-hybridized carbons (Fsp3) is 0.939. The highest BCUT2D eigenvalue weighted by atomic mass is 16.8. The van der Waals surface area contributed by atoms with Crippen molar-refractivity contribution in [3.63, 3.8) is 0 Å². The van der Waals surface area contributed by atoms with Gasteiger partial charge in [0, 0.05) is 0 Å². The van der Waals surface area contributed by atoms with Crippen molar-refractivity contribution in [2.75, 3.05) is 52.9 Å². The Kier molecular flexibility index (Phi) is 21.4. The minimum Gasteiger partial charge on any atom is -0.462 e. The van der Waals surface area contributed by atoms with Crippen LogP contribution in [0.3, 0.4) is 0 Å². The van der Waals surface area contributed by atoms with E-state index in [9.17, 15) is 85.9 Å². The summed E-state index contributed by atoms with van der Waals surface area (Å²) >= 11 is 0. The normalized spacial score (nSPS) is 48.4. The van der Waals surface area contributed by atoms with Gasteiger partial charge in [-0.1, -0.05) is 0 Å². The molecule has 13 heterocycles. The summed E-state index contributed by atoms with van der Waals surface area (Å²) in [4.78, 5) is 39.6. The number of hydrogen-bond donors (Lipinski definition) is 14. The molecule has 13 rings (SSSR count). The van der Waals surface area contributed by atoms with Crippen molar-refractivity contribution in [3.05, 3.63) is 0 Å². The summed E-state index contributed by atoms with van der Waals surface area (Å²) in [5, 5.41) is 162. The van der Waals surface area contributed by atoms with Crippen molar-refractivity contribution in [3.8, 4) is 0 Å². The van der Waals surface area contributed by atoms with Crippen LogP contribution in [-0.4, -0.2) is 326 Å². The summed E-state index contributed by atoms with van der Waals surface area (Å²) in [6.07, 6.45) is -60.5. The van der Waals surface area contributed by atoms with Gasteiger partial charge in [0.1, 0.15) is 173 Å². The van der Waals surface area contributed by atoms with E-state index in [2.05, 4.69) is 0 Å². The monoisotopic (exact) mass is 1190 g/mol. The van der Waals surface area contributed by atoms with E-state index in [0.29, 0.717) is 0 Å². The Bertz CT molecular complexity index is 1970. The van der Waals surface area contributed by atoms with Crippen molar-refractivity contribution < 1.29 is 162 Å². The smallest absolute Gasteiger partial charge is 0.311 e. The van der Waals surface area contributed by atoms with Gasteiger partial charge in [0.15, 0.2) is 43.5 Å². The first-order chi connectivity index (χ1) is 38.5. The highest BCUT2D eigenvalue weighted by Crippen LogP contribution is 2.39. The number of rotatable bonds is 6. The van der Waals surface area contributed by atoms with Crippen LogP contribution in [-0.2, 0) is 90.2 Å².